The maximum absolute atomic E-state index is 10.7. The quantitative estimate of drug-likeness (QED) is 0.636. The van der Waals surface area contributed by atoms with Crippen molar-refractivity contribution in [2.75, 3.05) is 0 Å². The van der Waals surface area contributed by atoms with Crippen molar-refractivity contribution in [3.05, 3.63) is 0 Å². The lowest BCUT2D eigenvalue weighted by Gasteiger charge is -2.36. The summed E-state index contributed by atoms with van der Waals surface area (Å²) in [6.45, 7) is 1.98. The van der Waals surface area contributed by atoms with E-state index >= 15 is 0 Å². The number of nitrogens with zero attached hydrogens (tertiary/aromatic N) is 1. The summed E-state index contributed by atoms with van der Waals surface area (Å²) >= 11 is 0. The first kappa shape index (κ1) is 9.85. The summed E-state index contributed by atoms with van der Waals surface area (Å²) in [6.07, 6.45) is 3.81. The van der Waals surface area contributed by atoms with Gasteiger partial charge in [-0.1, -0.05) is 19.8 Å². The van der Waals surface area contributed by atoms with Crippen LogP contribution in [0.2, 0.25) is 0 Å². The van der Waals surface area contributed by atoms with Gasteiger partial charge in [-0.05, 0) is 18.8 Å². The fourth-order valence-corrected chi connectivity index (χ4v) is 1.95. The number of urea groups is 1. The molecule has 1 saturated carbocycles. The van der Waals surface area contributed by atoms with Crippen molar-refractivity contribution in [2.45, 2.75) is 38.1 Å². The lowest BCUT2D eigenvalue weighted by Crippen LogP contribution is -2.55. The molecule has 2 amide bonds. The normalized spacial score (nSPS) is 33.4. The predicted octanol–water partition coefficient (Wildman–Crippen LogP) is 1.13. The molecule has 0 aromatic carbocycles. The molecule has 0 saturated heterocycles. The average molecular weight is 181 g/mol. The van der Waals surface area contributed by atoms with E-state index in [4.69, 9.17) is 11.0 Å². The van der Waals surface area contributed by atoms with E-state index in [1.807, 2.05) is 6.92 Å². The summed E-state index contributed by atoms with van der Waals surface area (Å²) in [5.41, 5.74) is 4.33. The zero-order valence-electron chi connectivity index (χ0n) is 7.84. The zero-order valence-corrected chi connectivity index (χ0v) is 7.84. The summed E-state index contributed by atoms with van der Waals surface area (Å²) in [5, 5.41) is 11.6. The van der Waals surface area contributed by atoms with Gasteiger partial charge in [0.05, 0.1) is 6.07 Å². The van der Waals surface area contributed by atoms with Gasteiger partial charge >= 0.3 is 6.03 Å². The molecular formula is C9H15N3O. The molecule has 0 unspecified atom stereocenters. The maximum atomic E-state index is 10.7. The fraction of sp³-hybridized carbons (Fsp3) is 0.778. The molecule has 2 atom stereocenters. The summed E-state index contributed by atoms with van der Waals surface area (Å²) in [7, 11) is 0. The first-order chi connectivity index (χ1) is 6.10. The van der Waals surface area contributed by atoms with Gasteiger partial charge in [-0.3, -0.25) is 0 Å². The van der Waals surface area contributed by atoms with E-state index in [-0.39, 0.29) is 5.92 Å². The van der Waals surface area contributed by atoms with E-state index in [0.717, 1.165) is 19.3 Å². The van der Waals surface area contributed by atoms with Crippen molar-refractivity contribution in [1.29, 1.82) is 5.26 Å². The molecule has 3 N–H and O–H groups in total. The first-order valence-corrected chi connectivity index (χ1v) is 4.59. The highest BCUT2D eigenvalue weighted by Crippen LogP contribution is 2.32. The lowest BCUT2D eigenvalue weighted by atomic mass is 9.74. The number of carbonyl (C=O) groups excluding carboxylic acids is 1. The second-order valence-corrected chi connectivity index (χ2v) is 3.72. The Balaban J connectivity index is 2.77. The van der Waals surface area contributed by atoms with Gasteiger partial charge in [0.2, 0.25) is 0 Å². The van der Waals surface area contributed by atoms with Crippen molar-refractivity contribution in [2.24, 2.45) is 11.7 Å². The molecule has 0 heterocycles. The highest BCUT2D eigenvalue weighted by Gasteiger charge is 2.39. The molecule has 1 aliphatic rings. The number of hydrogen-bond acceptors (Lipinski definition) is 2. The van der Waals surface area contributed by atoms with Gasteiger partial charge in [0.15, 0.2) is 0 Å². The monoisotopic (exact) mass is 181 g/mol. The van der Waals surface area contributed by atoms with E-state index in [9.17, 15) is 4.79 Å². The summed E-state index contributed by atoms with van der Waals surface area (Å²) < 4.78 is 0. The number of amides is 2. The molecule has 0 bridgehead atoms. The van der Waals surface area contributed by atoms with Crippen LogP contribution in [0.4, 0.5) is 4.79 Å². The smallest absolute Gasteiger partial charge is 0.313 e. The van der Waals surface area contributed by atoms with E-state index in [0.29, 0.717) is 6.42 Å². The Bertz CT molecular complexity index is 246. The number of carbonyl (C=O) groups is 1. The minimum atomic E-state index is -0.718. The summed E-state index contributed by atoms with van der Waals surface area (Å²) in [5.74, 6) is 0.193. The van der Waals surface area contributed by atoms with Crippen LogP contribution in [-0.4, -0.2) is 11.6 Å². The van der Waals surface area contributed by atoms with Gasteiger partial charge in [-0.25, -0.2) is 4.79 Å². The third-order valence-electron chi connectivity index (χ3n) is 2.85. The molecule has 0 aromatic rings. The Morgan fingerprint density at radius 3 is 2.85 bits per heavy atom. The SMILES string of the molecule is C[C@@H]1CCCC[C@@]1(C#N)NC(N)=O. The average Bonchev–Trinajstić information content (AvgIpc) is 2.08. The largest absolute Gasteiger partial charge is 0.352 e. The third-order valence-corrected chi connectivity index (χ3v) is 2.85. The minimum Gasteiger partial charge on any atom is -0.352 e. The highest BCUT2D eigenvalue weighted by molar-refractivity contribution is 5.73. The van der Waals surface area contributed by atoms with E-state index in [1.165, 1.54) is 0 Å². The molecular weight excluding hydrogens is 166 g/mol. The van der Waals surface area contributed by atoms with Crippen LogP contribution in [-0.2, 0) is 0 Å². The Hall–Kier alpha value is -1.24. The molecule has 1 aliphatic carbocycles. The van der Waals surface area contributed by atoms with Crippen molar-refractivity contribution < 1.29 is 4.79 Å². The number of rotatable bonds is 1. The van der Waals surface area contributed by atoms with Crippen LogP contribution in [0.25, 0.3) is 0 Å². The van der Waals surface area contributed by atoms with Crippen molar-refractivity contribution >= 4 is 6.03 Å². The molecule has 4 heteroatoms. The van der Waals surface area contributed by atoms with Gasteiger partial charge in [0.25, 0.3) is 0 Å². The molecule has 1 fully saturated rings. The van der Waals surface area contributed by atoms with E-state index < -0.39 is 11.6 Å². The Morgan fingerprint density at radius 2 is 2.38 bits per heavy atom. The van der Waals surface area contributed by atoms with E-state index in [1.54, 1.807) is 0 Å². The summed E-state index contributed by atoms with van der Waals surface area (Å²) in [6, 6.07) is 1.59. The van der Waals surface area contributed by atoms with Gasteiger partial charge in [-0.2, -0.15) is 5.26 Å². The highest BCUT2D eigenvalue weighted by atomic mass is 16.2. The van der Waals surface area contributed by atoms with Gasteiger partial charge in [0.1, 0.15) is 5.54 Å². The van der Waals surface area contributed by atoms with Crippen LogP contribution in [0.15, 0.2) is 0 Å². The molecule has 0 aliphatic heterocycles. The van der Waals surface area contributed by atoms with Crippen LogP contribution < -0.4 is 11.1 Å². The third kappa shape index (κ3) is 1.92. The number of nitrogens with one attached hydrogen (secondary N) is 1. The number of nitrogens with two attached hydrogens (primary N) is 1. The lowest BCUT2D eigenvalue weighted by molar-refractivity contribution is 0.200. The molecule has 0 aromatic heterocycles. The fourth-order valence-electron chi connectivity index (χ4n) is 1.95. The molecule has 0 radical (unpaired) electrons. The van der Waals surface area contributed by atoms with Crippen LogP contribution in [0.3, 0.4) is 0 Å². The molecule has 72 valence electrons. The molecule has 13 heavy (non-hydrogen) atoms. The molecule has 0 spiro atoms. The number of nitriles is 1. The van der Waals surface area contributed by atoms with Gasteiger partial charge < -0.3 is 11.1 Å². The first-order valence-electron chi connectivity index (χ1n) is 4.59. The Kier molecular flexibility index (Phi) is 2.76. The maximum Gasteiger partial charge on any atom is 0.313 e. The summed E-state index contributed by atoms with van der Waals surface area (Å²) in [4.78, 5) is 10.7. The predicted molar refractivity (Wildman–Crippen MR) is 48.7 cm³/mol. The topological polar surface area (TPSA) is 78.9 Å². The molecule has 1 rings (SSSR count). The van der Waals surface area contributed by atoms with Crippen LogP contribution >= 0.6 is 0 Å². The van der Waals surface area contributed by atoms with Gasteiger partial charge in [-0.15, -0.1) is 0 Å². The molecule has 4 nitrogen and oxygen atoms in total. The second kappa shape index (κ2) is 3.65. The van der Waals surface area contributed by atoms with E-state index in [2.05, 4.69) is 11.4 Å². The number of hydrogen-bond donors (Lipinski definition) is 2. The van der Waals surface area contributed by atoms with Crippen LogP contribution in [0.1, 0.15) is 32.6 Å². The van der Waals surface area contributed by atoms with Crippen LogP contribution in [0.5, 0.6) is 0 Å². The second-order valence-electron chi connectivity index (χ2n) is 3.72. The van der Waals surface area contributed by atoms with Crippen molar-refractivity contribution in [1.82, 2.24) is 5.32 Å². The van der Waals surface area contributed by atoms with Crippen LogP contribution in [0, 0.1) is 17.2 Å². The Labute approximate surface area is 78.1 Å². The van der Waals surface area contributed by atoms with Crippen molar-refractivity contribution in [3.63, 3.8) is 0 Å². The Morgan fingerprint density at radius 1 is 1.69 bits per heavy atom. The minimum absolute atomic E-state index is 0.193. The van der Waals surface area contributed by atoms with Crippen molar-refractivity contribution in [3.8, 4) is 6.07 Å². The standard InChI is InChI=1S/C9H15N3O/c1-7-4-2-3-5-9(7,6-10)12-8(11)13/h7H,2-5H2,1H3,(H3,11,12,13)/t7-,9+/m1/s1. The van der Waals surface area contributed by atoms with Gasteiger partial charge in [0, 0.05) is 0 Å². The zero-order chi connectivity index (χ0) is 9.90. The number of primary amides is 1.